The van der Waals surface area contributed by atoms with Gasteiger partial charge in [-0.2, -0.15) is 0 Å². The molecule has 0 aromatic carbocycles. The van der Waals surface area contributed by atoms with Crippen LogP contribution < -0.4 is 0 Å². The van der Waals surface area contributed by atoms with Crippen molar-refractivity contribution in [2.24, 2.45) is 29.6 Å². The van der Waals surface area contributed by atoms with Crippen LogP contribution in [0.2, 0.25) is 0 Å². The zero-order valence-corrected chi connectivity index (χ0v) is 14.2. The molecule has 3 aliphatic rings. The Labute approximate surface area is 141 Å². The van der Waals surface area contributed by atoms with Gasteiger partial charge in [0, 0.05) is 0 Å². The molecule has 0 nitrogen and oxygen atoms in total. The fraction of sp³-hybridized carbons (Fsp3) is 1.00. The minimum atomic E-state index is -2.97. The number of rotatable bonds is 3. The molecule has 0 bridgehead atoms. The molecule has 5 atom stereocenters. The second-order valence-corrected chi connectivity index (χ2v) is 8.33. The Bertz CT molecular complexity index is 383. The largest absolute Gasteiger partial charge is 0.247 e. The van der Waals surface area contributed by atoms with Gasteiger partial charge in [0.25, 0.3) is 0 Å². The van der Waals surface area contributed by atoms with E-state index in [1.165, 1.54) is 32.1 Å². The summed E-state index contributed by atoms with van der Waals surface area (Å²) in [6, 6.07) is 0. The molecule has 3 aliphatic carbocycles. The van der Waals surface area contributed by atoms with E-state index in [0.29, 0.717) is 24.7 Å². The molecule has 0 N–H and O–H groups in total. The van der Waals surface area contributed by atoms with Crippen molar-refractivity contribution in [3.63, 3.8) is 0 Å². The average molecular weight is 352 g/mol. The summed E-state index contributed by atoms with van der Waals surface area (Å²) in [7, 11) is 0. The molecule has 24 heavy (non-hydrogen) atoms. The van der Waals surface area contributed by atoms with Gasteiger partial charge < -0.3 is 0 Å². The van der Waals surface area contributed by atoms with Crippen molar-refractivity contribution in [1.29, 1.82) is 0 Å². The standard InChI is InChI=1S/C19H29F5/c20-15-8-12(11-4-2-1-3-5-11)6-7-14(15)13-9-16(21)18(19(23)24)17(22)10-13/h11-19H,1-10H2. The molecular weight excluding hydrogens is 323 g/mol. The first-order valence-electron chi connectivity index (χ1n) is 9.67. The molecule has 0 radical (unpaired) electrons. The number of hydrogen-bond acceptors (Lipinski definition) is 0. The maximum Gasteiger partial charge on any atom is 0.247 e. The van der Waals surface area contributed by atoms with Gasteiger partial charge in [0.2, 0.25) is 6.43 Å². The first-order valence-corrected chi connectivity index (χ1v) is 9.67. The Morgan fingerprint density at radius 3 is 1.71 bits per heavy atom. The van der Waals surface area contributed by atoms with E-state index in [4.69, 9.17) is 0 Å². The lowest BCUT2D eigenvalue weighted by molar-refractivity contribution is -0.0728. The SMILES string of the molecule is FC(F)C1C(F)CC(C2CCC(C3CCCCC3)CC2F)CC1F. The maximum absolute atomic E-state index is 14.8. The molecule has 0 amide bonds. The van der Waals surface area contributed by atoms with Gasteiger partial charge in [-0.1, -0.05) is 32.1 Å². The minimum Gasteiger partial charge on any atom is -0.247 e. The molecule has 0 aromatic heterocycles. The molecular formula is C19H29F5. The van der Waals surface area contributed by atoms with E-state index in [9.17, 15) is 22.0 Å². The predicted octanol–water partition coefficient (Wildman–Crippen LogP) is 6.29. The van der Waals surface area contributed by atoms with E-state index in [-0.39, 0.29) is 18.8 Å². The molecule has 0 aromatic rings. The van der Waals surface area contributed by atoms with Gasteiger partial charge in [0.05, 0.1) is 5.92 Å². The van der Waals surface area contributed by atoms with Crippen LogP contribution in [0, 0.1) is 29.6 Å². The van der Waals surface area contributed by atoms with Crippen LogP contribution in [0.4, 0.5) is 22.0 Å². The van der Waals surface area contributed by atoms with E-state index < -0.39 is 36.8 Å². The predicted molar refractivity (Wildman–Crippen MR) is 84.3 cm³/mol. The first kappa shape index (κ1) is 18.4. The Balaban J connectivity index is 1.56. The fourth-order valence-corrected chi connectivity index (χ4v) is 5.61. The van der Waals surface area contributed by atoms with Crippen LogP contribution in [0.3, 0.4) is 0 Å². The van der Waals surface area contributed by atoms with Gasteiger partial charge in [-0.25, -0.2) is 22.0 Å². The van der Waals surface area contributed by atoms with Crippen LogP contribution in [-0.2, 0) is 0 Å². The summed E-state index contributed by atoms with van der Waals surface area (Å²) >= 11 is 0. The van der Waals surface area contributed by atoms with Crippen LogP contribution in [0.15, 0.2) is 0 Å². The lowest BCUT2D eigenvalue weighted by Crippen LogP contribution is -2.44. The number of halogens is 5. The summed E-state index contributed by atoms with van der Waals surface area (Å²) in [4.78, 5) is 0. The van der Waals surface area contributed by atoms with Crippen LogP contribution in [0.5, 0.6) is 0 Å². The lowest BCUT2D eigenvalue weighted by Gasteiger charge is -2.43. The quantitative estimate of drug-likeness (QED) is 0.524. The van der Waals surface area contributed by atoms with Crippen LogP contribution in [0.1, 0.15) is 64.2 Å². The number of hydrogen-bond donors (Lipinski definition) is 0. The summed E-state index contributed by atoms with van der Waals surface area (Å²) in [6.07, 6.45) is 0.278. The average Bonchev–Trinajstić information content (AvgIpc) is 2.54. The van der Waals surface area contributed by atoms with Crippen molar-refractivity contribution >= 4 is 0 Å². The van der Waals surface area contributed by atoms with Gasteiger partial charge >= 0.3 is 0 Å². The van der Waals surface area contributed by atoms with Crippen molar-refractivity contribution in [2.75, 3.05) is 0 Å². The summed E-state index contributed by atoms with van der Waals surface area (Å²) in [6.45, 7) is 0. The highest BCUT2D eigenvalue weighted by atomic mass is 19.3. The highest BCUT2D eigenvalue weighted by molar-refractivity contribution is 4.94. The van der Waals surface area contributed by atoms with Crippen LogP contribution >= 0.6 is 0 Å². The molecule has 5 heteroatoms. The van der Waals surface area contributed by atoms with Crippen LogP contribution in [-0.4, -0.2) is 24.9 Å². The summed E-state index contributed by atoms with van der Waals surface area (Å²) in [5, 5.41) is 0. The second kappa shape index (κ2) is 7.90. The van der Waals surface area contributed by atoms with Crippen molar-refractivity contribution in [3.8, 4) is 0 Å². The zero-order chi connectivity index (χ0) is 17.3. The van der Waals surface area contributed by atoms with Crippen molar-refractivity contribution in [2.45, 2.75) is 89.1 Å². The Hall–Kier alpha value is -0.350. The smallest absolute Gasteiger partial charge is 0.247 e. The highest BCUT2D eigenvalue weighted by Crippen LogP contribution is 2.48. The Morgan fingerprint density at radius 2 is 1.17 bits per heavy atom. The molecule has 5 unspecified atom stereocenters. The van der Waals surface area contributed by atoms with Crippen molar-refractivity contribution < 1.29 is 22.0 Å². The van der Waals surface area contributed by atoms with Gasteiger partial charge in [-0.15, -0.1) is 0 Å². The second-order valence-electron chi connectivity index (χ2n) is 8.33. The third kappa shape index (κ3) is 3.90. The third-order valence-corrected chi connectivity index (χ3v) is 6.97. The molecule has 3 rings (SSSR count). The maximum atomic E-state index is 14.8. The highest BCUT2D eigenvalue weighted by Gasteiger charge is 2.48. The van der Waals surface area contributed by atoms with Crippen LogP contribution in [0.25, 0.3) is 0 Å². The molecule has 3 saturated carbocycles. The van der Waals surface area contributed by atoms with Gasteiger partial charge in [-0.05, 0) is 55.8 Å². The summed E-state index contributed by atoms with van der Waals surface area (Å²) < 4.78 is 68.3. The molecule has 3 fully saturated rings. The molecule has 0 spiro atoms. The Morgan fingerprint density at radius 1 is 0.583 bits per heavy atom. The number of alkyl halides is 5. The van der Waals surface area contributed by atoms with Crippen molar-refractivity contribution in [1.82, 2.24) is 0 Å². The van der Waals surface area contributed by atoms with E-state index in [2.05, 4.69) is 0 Å². The van der Waals surface area contributed by atoms with E-state index in [1.54, 1.807) is 0 Å². The lowest BCUT2D eigenvalue weighted by atomic mass is 9.64. The van der Waals surface area contributed by atoms with Crippen molar-refractivity contribution in [3.05, 3.63) is 0 Å². The fourth-order valence-electron chi connectivity index (χ4n) is 5.61. The zero-order valence-electron chi connectivity index (χ0n) is 14.2. The molecule has 140 valence electrons. The van der Waals surface area contributed by atoms with E-state index in [1.807, 2.05) is 0 Å². The van der Waals surface area contributed by atoms with Gasteiger partial charge in [-0.3, -0.25) is 0 Å². The Kier molecular flexibility index (Phi) is 6.07. The van der Waals surface area contributed by atoms with E-state index >= 15 is 0 Å². The normalized spacial score (nSPS) is 45.5. The van der Waals surface area contributed by atoms with Gasteiger partial charge in [0.15, 0.2) is 0 Å². The van der Waals surface area contributed by atoms with E-state index in [0.717, 1.165) is 6.42 Å². The first-order chi connectivity index (χ1) is 11.5. The summed E-state index contributed by atoms with van der Waals surface area (Å²) in [5.74, 6) is -1.59. The monoisotopic (exact) mass is 352 g/mol. The molecule has 0 saturated heterocycles. The molecule has 0 aliphatic heterocycles. The molecule has 0 heterocycles. The van der Waals surface area contributed by atoms with Gasteiger partial charge in [0.1, 0.15) is 18.5 Å². The third-order valence-electron chi connectivity index (χ3n) is 6.97. The minimum absolute atomic E-state index is 0.103. The topological polar surface area (TPSA) is 0 Å². The summed E-state index contributed by atoms with van der Waals surface area (Å²) in [5.41, 5.74) is 0.